The molecule has 1 aromatic carbocycles. The summed E-state index contributed by atoms with van der Waals surface area (Å²) in [5.74, 6) is -1.56. The van der Waals surface area contributed by atoms with Crippen molar-refractivity contribution >= 4 is 43.5 Å². The lowest BCUT2D eigenvalue weighted by Crippen LogP contribution is -2.16. The summed E-state index contributed by atoms with van der Waals surface area (Å²) in [6.45, 7) is 0. The molecule has 0 spiro atoms. The fourth-order valence-corrected chi connectivity index (χ4v) is 3.58. The lowest BCUT2D eigenvalue weighted by molar-refractivity contribution is -0.138. The maximum atomic E-state index is 11.7. The number of aliphatic carboxylic acids is 1. The Morgan fingerprint density at radius 2 is 2.10 bits per heavy atom. The van der Waals surface area contributed by atoms with Gasteiger partial charge in [0.15, 0.2) is 0 Å². The molecule has 0 saturated carbocycles. The second-order valence-corrected chi connectivity index (χ2v) is 6.35. The minimum absolute atomic E-state index is 0.390. The van der Waals surface area contributed by atoms with Gasteiger partial charge in [-0.15, -0.1) is 11.3 Å². The highest BCUT2D eigenvalue weighted by Crippen LogP contribution is 2.31. The van der Waals surface area contributed by atoms with Gasteiger partial charge in [-0.3, -0.25) is 4.79 Å². The minimum atomic E-state index is -0.876. The summed E-state index contributed by atoms with van der Waals surface area (Å²) < 4.78 is 1.75. The van der Waals surface area contributed by atoms with Gasteiger partial charge in [0.1, 0.15) is 12.2 Å². The molecule has 0 aliphatic rings. The third kappa shape index (κ3) is 2.82. The Bertz CT molecular complexity index is 803. The van der Waals surface area contributed by atoms with Crippen LogP contribution in [0.3, 0.4) is 0 Å². The molecule has 0 radical (unpaired) electrons. The van der Waals surface area contributed by atoms with Gasteiger partial charge in [-0.2, -0.15) is 0 Å². The highest BCUT2D eigenvalue weighted by Gasteiger charge is 2.25. The Hall–Kier alpha value is -1.79. The number of hydrogen-bond donors (Lipinski definition) is 1. The number of benzene rings is 1. The van der Waals surface area contributed by atoms with Gasteiger partial charge in [-0.25, -0.2) is 9.97 Å². The SMILES string of the molecule is O=C(O)C(Cc1ccccc1Br)c1ncnc2ccsc12. The molecule has 1 unspecified atom stereocenters. The summed E-state index contributed by atoms with van der Waals surface area (Å²) in [7, 11) is 0. The average molecular weight is 363 g/mol. The van der Waals surface area contributed by atoms with Crippen molar-refractivity contribution in [2.75, 3.05) is 0 Å². The zero-order valence-electron chi connectivity index (χ0n) is 10.9. The molecule has 3 aromatic rings. The molecular formula is C15H11BrN2O2S. The Kier molecular flexibility index (Phi) is 3.98. The molecule has 106 valence electrons. The van der Waals surface area contributed by atoms with Gasteiger partial charge in [-0.05, 0) is 29.5 Å². The number of thiophene rings is 1. The van der Waals surface area contributed by atoms with Crippen LogP contribution in [-0.4, -0.2) is 21.0 Å². The Morgan fingerprint density at radius 1 is 1.29 bits per heavy atom. The van der Waals surface area contributed by atoms with E-state index >= 15 is 0 Å². The van der Waals surface area contributed by atoms with E-state index in [0.717, 1.165) is 20.3 Å². The fourth-order valence-electron chi connectivity index (χ4n) is 2.24. The van der Waals surface area contributed by atoms with Crippen LogP contribution in [0.1, 0.15) is 17.2 Å². The predicted molar refractivity (Wildman–Crippen MR) is 85.6 cm³/mol. The summed E-state index contributed by atoms with van der Waals surface area (Å²) in [5.41, 5.74) is 2.33. The molecule has 0 bridgehead atoms. The lowest BCUT2D eigenvalue weighted by Gasteiger charge is -2.13. The van der Waals surface area contributed by atoms with Gasteiger partial charge in [0.25, 0.3) is 0 Å². The highest BCUT2D eigenvalue weighted by molar-refractivity contribution is 9.10. The lowest BCUT2D eigenvalue weighted by atomic mass is 9.96. The Balaban J connectivity index is 2.05. The first-order valence-electron chi connectivity index (χ1n) is 6.31. The van der Waals surface area contributed by atoms with E-state index in [1.165, 1.54) is 17.7 Å². The molecule has 2 aromatic heterocycles. The van der Waals surface area contributed by atoms with Crippen LogP contribution in [0.2, 0.25) is 0 Å². The smallest absolute Gasteiger partial charge is 0.312 e. The van der Waals surface area contributed by atoms with E-state index in [2.05, 4.69) is 25.9 Å². The van der Waals surface area contributed by atoms with E-state index in [0.29, 0.717) is 12.1 Å². The number of halogens is 1. The van der Waals surface area contributed by atoms with Crippen LogP contribution < -0.4 is 0 Å². The zero-order chi connectivity index (χ0) is 14.8. The van der Waals surface area contributed by atoms with Crippen molar-refractivity contribution in [3.8, 4) is 0 Å². The number of nitrogens with zero attached hydrogens (tertiary/aromatic N) is 2. The molecule has 0 saturated heterocycles. The molecule has 1 N–H and O–H groups in total. The number of aromatic nitrogens is 2. The monoisotopic (exact) mass is 362 g/mol. The molecule has 21 heavy (non-hydrogen) atoms. The second-order valence-electron chi connectivity index (χ2n) is 4.58. The Labute approximate surface area is 133 Å². The second kappa shape index (κ2) is 5.91. The topological polar surface area (TPSA) is 63.1 Å². The predicted octanol–water partition coefficient (Wildman–Crippen LogP) is 3.86. The molecule has 0 aliphatic carbocycles. The van der Waals surface area contributed by atoms with Crippen molar-refractivity contribution in [2.24, 2.45) is 0 Å². The molecular weight excluding hydrogens is 352 g/mol. The van der Waals surface area contributed by atoms with Gasteiger partial charge in [0, 0.05) is 4.47 Å². The maximum Gasteiger partial charge on any atom is 0.312 e. The van der Waals surface area contributed by atoms with Gasteiger partial charge >= 0.3 is 5.97 Å². The minimum Gasteiger partial charge on any atom is -0.481 e. The van der Waals surface area contributed by atoms with Crippen LogP contribution >= 0.6 is 27.3 Å². The zero-order valence-corrected chi connectivity index (χ0v) is 13.3. The molecule has 6 heteroatoms. The normalized spacial score (nSPS) is 12.4. The van der Waals surface area contributed by atoms with Crippen LogP contribution in [0, 0.1) is 0 Å². The van der Waals surface area contributed by atoms with Crippen LogP contribution in [0.15, 0.2) is 46.5 Å². The molecule has 0 fully saturated rings. The number of carbonyl (C=O) groups is 1. The number of hydrogen-bond acceptors (Lipinski definition) is 4. The third-order valence-electron chi connectivity index (χ3n) is 3.28. The van der Waals surface area contributed by atoms with Crippen molar-refractivity contribution in [1.82, 2.24) is 9.97 Å². The highest BCUT2D eigenvalue weighted by atomic mass is 79.9. The Morgan fingerprint density at radius 3 is 2.86 bits per heavy atom. The van der Waals surface area contributed by atoms with Crippen molar-refractivity contribution in [2.45, 2.75) is 12.3 Å². The van der Waals surface area contributed by atoms with E-state index in [-0.39, 0.29) is 0 Å². The van der Waals surface area contributed by atoms with Gasteiger partial charge in [-0.1, -0.05) is 34.1 Å². The number of rotatable bonds is 4. The van der Waals surface area contributed by atoms with E-state index in [1.54, 1.807) is 0 Å². The molecule has 4 nitrogen and oxygen atoms in total. The number of fused-ring (bicyclic) bond motifs is 1. The molecule has 0 aliphatic heterocycles. The summed E-state index contributed by atoms with van der Waals surface area (Å²) in [5, 5.41) is 11.5. The van der Waals surface area contributed by atoms with Crippen LogP contribution in [0.25, 0.3) is 10.2 Å². The first-order valence-corrected chi connectivity index (χ1v) is 7.98. The summed E-state index contributed by atoms with van der Waals surface area (Å²) in [4.78, 5) is 20.1. The van der Waals surface area contributed by atoms with Crippen LogP contribution in [-0.2, 0) is 11.2 Å². The average Bonchev–Trinajstić information content (AvgIpc) is 2.94. The maximum absolute atomic E-state index is 11.7. The van der Waals surface area contributed by atoms with Crippen molar-refractivity contribution in [1.29, 1.82) is 0 Å². The van der Waals surface area contributed by atoms with E-state index in [9.17, 15) is 9.90 Å². The molecule has 0 amide bonds. The van der Waals surface area contributed by atoms with Crippen molar-refractivity contribution in [3.63, 3.8) is 0 Å². The van der Waals surface area contributed by atoms with E-state index in [4.69, 9.17) is 0 Å². The largest absolute Gasteiger partial charge is 0.481 e. The summed E-state index contributed by atoms with van der Waals surface area (Å²) >= 11 is 4.94. The van der Waals surface area contributed by atoms with Crippen LogP contribution in [0.5, 0.6) is 0 Å². The van der Waals surface area contributed by atoms with E-state index in [1.807, 2.05) is 35.7 Å². The number of carboxylic acid groups (broad SMARTS) is 1. The quantitative estimate of drug-likeness (QED) is 0.765. The molecule has 1 atom stereocenters. The number of carboxylic acids is 1. The standard InChI is InChI=1S/C15H11BrN2O2S/c16-11-4-2-1-3-9(11)7-10(15(19)20)13-14-12(5-6-21-14)17-8-18-13/h1-6,8,10H,7H2,(H,19,20). The fraction of sp³-hybridized carbons (Fsp3) is 0.133. The summed E-state index contributed by atoms with van der Waals surface area (Å²) in [6.07, 6.45) is 1.82. The van der Waals surface area contributed by atoms with Gasteiger partial charge < -0.3 is 5.11 Å². The van der Waals surface area contributed by atoms with Gasteiger partial charge in [0.05, 0.1) is 15.9 Å². The first kappa shape index (κ1) is 14.2. The van der Waals surface area contributed by atoms with Crippen molar-refractivity contribution < 1.29 is 9.90 Å². The van der Waals surface area contributed by atoms with Crippen molar-refractivity contribution in [3.05, 3.63) is 57.8 Å². The van der Waals surface area contributed by atoms with E-state index < -0.39 is 11.9 Å². The molecule has 2 heterocycles. The third-order valence-corrected chi connectivity index (χ3v) is 4.98. The van der Waals surface area contributed by atoms with Gasteiger partial charge in [0.2, 0.25) is 0 Å². The first-order chi connectivity index (χ1) is 10.2. The summed E-state index contributed by atoms with van der Waals surface area (Å²) in [6, 6.07) is 9.52. The van der Waals surface area contributed by atoms with Crippen LogP contribution in [0.4, 0.5) is 0 Å². The molecule has 3 rings (SSSR count).